The van der Waals surface area contributed by atoms with Gasteiger partial charge in [0.2, 0.25) is 12.0 Å². The molecule has 3 unspecified atom stereocenters. The molecule has 0 bridgehead atoms. The summed E-state index contributed by atoms with van der Waals surface area (Å²) in [6.07, 6.45) is -3.96. The van der Waals surface area contributed by atoms with Crippen LogP contribution in [0.15, 0.2) is 24.3 Å². The van der Waals surface area contributed by atoms with Crippen LogP contribution in [0.25, 0.3) is 0 Å². The molecule has 1 aromatic carbocycles. The van der Waals surface area contributed by atoms with Crippen molar-refractivity contribution in [2.75, 3.05) is 11.9 Å². The van der Waals surface area contributed by atoms with Gasteiger partial charge in [-0.1, -0.05) is 44.2 Å². The van der Waals surface area contributed by atoms with Crippen molar-refractivity contribution < 1.29 is 37.4 Å². The fourth-order valence-electron chi connectivity index (χ4n) is 2.73. The van der Waals surface area contributed by atoms with E-state index in [1.165, 1.54) is 31.2 Å². The second kappa shape index (κ2) is 13.6. The summed E-state index contributed by atoms with van der Waals surface area (Å²) < 4.78 is 46.7. The van der Waals surface area contributed by atoms with E-state index in [-0.39, 0.29) is 23.8 Å². The highest BCUT2D eigenvalue weighted by atomic mass is 19.2. The Labute approximate surface area is 173 Å². The van der Waals surface area contributed by atoms with E-state index in [4.69, 9.17) is 4.74 Å². The number of para-hydroxylation sites is 2. The van der Waals surface area contributed by atoms with E-state index >= 15 is 0 Å². The standard InChI is InChI=1S/C21H28F3NO5/c1-14(26)30-13-9-5-3-2-4-6-10-15(22)18(23)20(28)19(24)21(29)25-16-11-7-8-12-17(16)27/h7-8,11-12,15,18-19,27H,2-6,9-10,13H2,1H3,(H,25,29). The zero-order valence-corrected chi connectivity index (χ0v) is 16.9. The van der Waals surface area contributed by atoms with Crippen molar-refractivity contribution in [3.8, 4) is 5.75 Å². The van der Waals surface area contributed by atoms with Gasteiger partial charge in [0.15, 0.2) is 6.17 Å². The van der Waals surface area contributed by atoms with Gasteiger partial charge in [0.25, 0.3) is 5.91 Å². The Kier molecular flexibility index (Phi) is 11.5. The second-order valence-corrected chi connectivity index (χ2v) is 6.94. The molecule has 0 aliphatic rings. The predicted molar refractivity (Wildman–Crippen MR) is 105 cm³/mol. The number of unbranched alkanes of at least 4 members (excludes halogenated alkanes) is 5. The van der Waals surface area contributed by atoms with Gasteiger partial charge in [-0.05, 0) is 25.0 Å². The highest BCUT2D eigenvalue weighted by Gasteiger charge is 2.37. The molecular weight excluding hydrogens is 403 g/mol. The van der Waals surface area contributed by atoms with Crippen LogP contribution in [0.4, 0.5) is 18.9 Å². The number of amides is 1. The van der Waals surface area contributed by atoms with Gasteiger partial charge in [0.1, 0.15) is 11.9 Å². The zero-order valence-electron chi connectivity index (χ0n) is 16.9. The molecule has 1 amide bonds. The zero-order chi connectivity index (χ0) is 22.5. The number of hydrogen-bond donors (Lipinski definition) is 2. The predicted octanol–water partition coefficient (Wildman–Crippen LogP) is 4.21. The number of carbonyl (C=O) groups excluding carboxylic acids is 3. The minimum absolute atomic E-state index is 0.141. The number of anilines is 1. The van der Waals surface area contributed by atoms with Gasteiger partial charge in [0.05, 0.1) is 12.3 Å². The molecule has 168 valence electrons. The quantitative estimate of drug-likeness (QED) is 0.199. The van der Waals surface area contributed by atoms with E-state index in [1.54, 1.807) is 0 Å². The third kappa shape index (κ3) is 9.28. The van der Waals surface area contributed by atoms with Crippen LogP contribution >= 0.6 is 0 Å². The van der Waals surface area contributed by atoms with Gasteiger partial charge in [-0.3, -0.25) is 14.4 Å². The Morgan fingerprint density at radius 2 is 1.60 bits per heavy atom. The summed E-state index contributed by atoms with van der Waals surface area (Å²) in [4.78, 5) is 34.1. The molecule has 0 fully saturated rings. The van der Waals surface area contributed by atoms with E-state index < -0.39 is 30.2 Å². The van der Waals surface area contributed by atoms with E-state index in [0.717, 1.165) is 25.7 Å². The summed E-state index contributed by atoms with van der Waals surface area (Å²) in [5.41, 5.74) is -0.141. The van der Waals surface area contributed by atoms with E-state index in [9.17, 15) is 32.7 Å². The van der Waals surface area contributed by atoms with Crippen LogP contribution < -0.4 is 5.32 Å². The van der Waals surface area contributed by atoms with Crippen LogP contribution in [0.5, 0.6) is 5.75 Å². The van der Waals surface area contributed by atoms with E-state index in [2.05, 4.69) is 0 Å². The number of Topliss-reactive ketones (excluding diaryl/α,β-unsaturated/α-hetero) is 1. The van der Waals surface area contributed by atoms with Gasteiger partial charge in [-0.25, -0.2) is 13.2 Å². The topological polar surface area (TPSA) is 92.7 Å². The number of ketones is 1. The number of alkyl halides is 3. The minimum atomic E-state index is -2.88. The molecule has 0 saturated heterocycles. The maximum absolute atomic E-state index is 14.0. The highest BCUT2D eigenvalue weighted by molar-refractivity contribution is 6.11. The lowest BCUT2D eigenvalue weighted by atomic mass is 10.0. The van der Waals surface area contributed by atoms with Crippen LogP contribution in [0.1, 0.15) is 51.9 Å². The Balaban J connectivity index is 2.28. The number of nitrogens with one attached hydrogen (secondary N) is 1. The lowest BCUT2D eigenvalue weighted by molar-refractivity contribution is -0.141. The summed E-state index contributed by atoms with van der Waals surface area (Å²) in [5.74, 6) is -3.92. The maximum atomic E-state index is 14.0. The maximum Gasteiger partial charge on any atom is 0.302 e. The van der Waals surface area contributed by atoms with Crippen molar-refractivity contribution in [1.29, 1.82) is 0 Å². The first-order valence-corrected chi connectivity index (χ1v) is 9.92. The number of halogens is 3. The molecular formula is C21H28F3NO5. The van der Waals surface area contributed by atoms with Gasteiger partial charge >= 0.3 is 5.97 Å². The number of hydrogen-bond acceptors (Lipinski definition) is 5. The number of phenolic OH excluding ortho intramolecular Hbond substituents is 1. The van der Waals surface area contributed by atoms with E-state index in [0.29, 0.717) is 19.4 Å². The summed E-state index contributed by atoms with van der Waals surface area (Å²) in [6.45, 7) is 1.69. The Morgan fingerprint density at radius 3 is 2.23 bits per heavy atom. The van der Waals surface area contributed by atoms with Crippen molar-refractivity contribution >= 4 is 23.3 Å². The van der Waals surface area contributed by atoms with Gasteiger partial charge in [0, 0.05) is 6.92 Å². The summed E-state index contributed by atoms with van der Waals surface area (Å²) in [7, 11) is 0. The molecule has 0 radical (unpaired) electrons. The molecule has 2 N–H and O–H groups in total. The first-order valence-electron chi connectivity index (χ1n) is 9.92. The smallest absolute Gasteiger partial charge is 0.302 e. The molecule has 3 atom stereocenters. The van der Waals surface area contributed by atoms with Crippen molar-refractivity contribution in [2.24, 2.45) is 0 Å². The fraction of sp³-hybridized carbons (Fsp3) is 0.571. The molecule has 0 saturated carbocycles. The van der Waals surface area contributed by atoms with Crippen LogP contribution in [-0.2, 0) is 19.1 Å². The van der Waals surface area contributed by atoms with Crippen LogP contribution in [0, 0.1) is 0 Å². The van der Waals surface area contributed by atoms with Crippen LogP contribution in [0.2, 0.25) is 0 Å². The molecule has 0 aromatic heterocycles. The number of benzene rings is 1. The summed E-state index contributed by atoms with van der Waals surface area (Å²) in [5, 5.41) is 11.5. The highest BCUT2D eigenvalue weighted by Crippen LogP contribution is 2.23. The number of carbonyl (C=O) groups is 3. The average Bonchev–Trinajstić information content (AvgIpc) is 2.72. The first kappa shape index (κ1) is 25.5. The van der Waals surface area contributed by atoms with Crippen LogP contribution in [0.3, 0.4) is 0 Å². The van der Waals surface area contributed by atoms with Crippen LogP contribution in [-0.4, -0.2) is 47.9 Å². The minimum Gasteiger partial charge on any atom is -0.506 e. The summed E-state index contributed by atoms with van der Waals surface area (Å²) >= 11 is 0. The third-order valence-corrected chi connectivity index (χ3v) is 4.41. The second-order valence-electron chi connectivity index (χ2n) is 6.94. The SMILES string of the molecule is CC(=O)OCCCCCCCCC(F)C(F)C(=O)C(F)C(=O)Nc1ccccc1O. The Morgan fingerprint density at radius 1 is 1.00 bits per heavy atom. The largest absolute Gasteiger partial charge is 0.506 e. The Hall–Kier alpha value is -2.58. The Bertz CT molecular complexity index is 701. The number of ether oxygens (including phenoxy) is 1. The van der Waals surface area contributed by atoms with Gasteiger partial charge in [-0.2, -0.15) is 0 Å². The number of phenols is 1. The molecule has 6 nitrogen and oxygen atoms in total. The monoisotopic (exact) mass is 431 g/mol. The van der Waals surface area contributed by atoms with Crippen molar-refractivity contribution in [1.82, 2.24) is 0 Å². The van der Waals surface area contributed by atoms with Crippen molar-refractivity contribution in [2.45, 2.75) is 70.4 Å². The molecule has 0 heterocycles. The first-order chi connectivity index (χ1) is 14.2. The van der Waals surface area contributed by atoms with Crippen molar-refractivity contribution in [3.05, 3.63) is 24.3 Å². The lowest BCUT2D eigenvalue weighted by Crippen LogP contribution is -2.40. The lowest BCUT2D eigenvalue weighted by Gasteiger charge is -2.15. The number of aromatic hydroxyl groups is 1. The molecule has 1 aromatic rings. The van der Waals surface area contributed by atoms with Gasteiger partial charge < -0.3 is 15.2 Å². The third-order valence-electron chi connectivity index (χ3n) is 4.41. The van der Waals surface area contributed by atoms with Crippen molar-refractivity contribution in [3.63, 3.8) is 0 Å². The van der Waals surface area contributed by atoms with E-state index in [1.807, 2.05) is 5.32 Å². The molecule has 9 heteroatoms. The molecule has 0 aliphatic carbocycles. The number of rotatable bonds is 14. The normalized spacial score (nSPS) is 13.9. The molecule has 30 heavy (non-hydrogen) atoms. The molecule has 0 spiro atoms. The van der Waals surface area contributed by atoms with Gasteiger partial charge in [-0.15, -0.1) is 0 Å². The fourth-order valence-corrected chi connectivity index (χ4v) is 2.73. The molecule has 0 aliphatic heterocycles. The average molecular weight is 431 g/mol. The molecule has 1 rings (SSSR count). The summed E-state index contributed by atoms with van der Waals surface area (Å²) in [6, 6.07) is 5.43. The number of esters is 1.